The second kappa shape index (κ2) is 5.96. The molecule has 0 N–H and O–H groups in total. The van der Waals surface area contributed by atoms with Crippen LogP contribution in [0.15, 0.2) is 27.3 Å². The first-order valence-corrected chi connectivity index (χ1v) is 7.46. The minimum atomic E-state index is -0.0150. The molecule has 0 saturated heterocycles. The molecule has 2 rings (SSSR count). The minimum Gasteiger partial charge on any atom is -0.292 e. The highest BCUT2D eigenvalue weighted by Gasteiger charge is 2.17. The average Bonchev–Trinajstić information content (AvgIpc) is 2.67. The maximum atomic E-state index is 12.2. The lowest BCUT2D eigenvalue weighted by Crippen LogP contribution is -2.09. The number of carbonyl (C=O) groups excluding carboxylic acids is 1. The zero-order valence-electron chi connectivity index (χ0n) is 10.7. The lowest BCUT2D eigenvalue weighted by Gasteiger charge is -2.02. The van der Waals surface area contributed by atoms with E-state index in [0.29, 0.717) is 12.1 Å². The van der Waals surface area contributed by atoms with Crippen LogP contribution in [0.25, 0.3) is 0 Å². The number of pyridine rings is 1. The standard InChI is InChI=1S/C13H13Br2N3O/c1-3-9-13(15)11(18(2)17-9)6-12(19)10-5-4-8(14)7-16-10/h4-5,7H,3,6H2,1-2H3. The molecule has 2 aromatic heterocycles. The smallest absolute Gasteiger partial charge is 0.187 e. The van der Waals surface area contributed by atoms with Gasteiger partial charge in [-0.05, 0) is 50.4 Å². The van der Waals surface area contributed by atoms with Gasteiger partial charge >= 0.3 is 0 Å². The van der Waals surface area contributed by atoms with Crippen molar-refractivity contribution in [2.45, 2.75) is 19.8 Å². The quantitative estimate of drug-likeness (QED) is 0.757. The fraction of sp³-hybridized carbons (Fsp3) is 0.308. The predicted octanol–water partition coefficient (Wildman–Crippen LogP) is 3.33. The molecule has 0 amide bonds. The molecule has 19 heavy (non-hydrogen) atoms. The topological polar surface area (TPSA) is 47.8 Å². The number of rotatable bonds is 4. The van der Waals surface area contributed by atoms with Crippen LogP contribution in [0.4, 0.5) is 0 Å². The summed E-state index contributed by atoms with van der Waals surface area (Å²) in [4.78, 5) is 16.3. The van der Waals surface area contributed by atoms with Gasteiger partial charge in [-0.3, -0.25) is 14.5 Å². The van der Waals surface area contributed by atoms with E-state index in [2.05, 4.69) is 41.9 Å². The molecule has 0 aliphatic heterocycles. The van der Waals surface area contributed by atoms with Crippen molar-refractivity contribution in [3.8, 4) is 0 Å². The van der Waals surface area contributed by atoms with Crippen LogP contribution in [0.5, 0.6) is 0 Å². The van der Waals surface area contributed by atoms with Gasteiger partial charge in [-0.25, -0.2) is 0 Å². The Balaban J connectivity index is 2.24. The lowest BCUT2D eigenvalue weighted by atomic mass is 10.1. The molecule has 0 fully saturated rings. The van der Waals surface area contributed by atoms with Gasteiger partial charge in [0.05, 0.1) is 22.3 Å². The minimum absolute atomic E-state index is 0.0150. The number of hydrogen-bond donors (Lipinski definition) is 0. The van der Waals surface area contributed by atoms with Crippen molar-refractivity contribution >= 4 is 37.6 Å². The first-order chi connectivity index (χ1) is 9.02. The van der Waals surface area contributed by atoms with Crippen LogP contribution >= 0.6 is 31.9 Å². The Hall–Kier alpha value is -1.01. The number of nitrogens with zero attached hydrogens (tertiary/aromatic N) is 3. The van der Waals surface area contributed by atoms with Gasteiger partial charge in [0.25, 0.3) is 0 Å². The number of aromatic nitrogens is 3. The molecule has 2 heterocycles. The first-order valence-electron chi connectivity index (χ1n) is 5.88. The van der Waals surface area contributed by atoms with Gasteiger partial charge in [-0.15, -0.1) is 0 Å². The molecular formula is C13H13Br2N3O. The molecule has 0 aromatic carbocycles. The van der Waals surface area contributed by atoms with Gasteiger partial charge < -0.3 is 0 Å². The number of halogens is 2. The van der Waals surface area contributed by atoms with Crippen molar-refractivity contribution in [1.82, 2.24) is 14.8 Å². The van der Waals surface area contributed by atoms with Gasteiger partial charge in [-0.2, -0.15) is 5.10 Å². The Kier molecular flexibility index (Phi) is 4.52. The lowest BCUT2D eigenvalue weighted by molar-refractivity contribution is 0.0986. The van der Waals surface area contributed by atoms with E-state index in [1.165, 1.54) is 0 Å². The SMILES string of the molecule is CCc1nn(C)c(CC(=O)c2ccc(Br)cn2)c1Br. The summed E-state index contributed by atoms with van der Waals surface area (Å²) in [5.74, 6) is -0.0150. The van der Waals surface area contributed by atoms with Gasteiger partial charge in [0.2, 0.25) is 0 Å². The second-order valence-electron chi connectivity index (χ2n) is 4.15. The van der Waals surface area contributed by atoms with E-state index in [0.717, 1.165) is 26.8 Å². The third-order valence-corrected chi connectivity index (χ3v) is 4.23. The van der Waals surface area contributed by atoms with Crippen molar-refractivity contribution in [1.29, 1.82) is 0 Å². The number of ketones is 1. The number of Topliss-reactive ketones (excluding diaryl/α,β-unsaturated/α-hetero) is 1. The molecule has 0 atom stereocenters. The molecule has 0 aliphatic carbocycles. The average molecular weight is 387 g/mol. The van der Waals surface area contributed by atoms with Crippen molar-refractivity contribution in [3.63, 3.8) is 0 Å². The summed E-state index contributed by atoms with van der Waals surface area (Å²) < 4.78 is 3.53. The molecule has 0 aliphatic rings. The second-order valence-corrected chi connectivity index (χ2v) is 5.85. The van der Waals surface area contributed by atoms with Crippen LogP contribution < -0.4 is 0 Å². The van der Waals surface area contributed by atoms with E-state index >= 15 is 0 Å². The van der Waals surface area contributed by atoms with Crippen LogP contribution in [-0.4, -0.2) is 20.5 Å². The van der Waals surface area contributed by atoms with E-state index in [4.69, 9.17) is 0 Å². The number of hydrogen-bond acceptors (Lipinski definition) is 3. The fourth-order valence-corrected chi connectivity index (χ4v) is 2.79. The molecular weight excluding hydrogens is 374 g/mol. The van der Waals surface area contributed by atoms with Gasteiger partial charge in [0, 0.05) is 17.7 Å². The zero-order chi connectivity index (χ0) is 14.0. The molecule has 0 saturated carbocycles. The normalized spacial score (nSPS) is 10.7. The Labute approximate surface area is 128 Å². The van der Waals surface area contributed by atoms with Crippen molar-refractivity contribution in [2.75, 3.05) is 0 Å². The summed E-state index contributed by atoms with van der Waals surface area (Å²) in [6.45, 7) is 2.04. The van der Waals surface area contributed by atoms with Crippen molar-refractivity contribution in [3.05, 3.63) is 44.4 Å². The van der Waals surface area contributed by atoms with Crippen LogP contribution in [-0.2, 0) is 19.9 Å². The summed E-state index contributed by atoms with van der Waals surface area (Å²) in [6, 6.07) is 3.54. The molecule has 2 aromatic rings. The first kappa shape index (κ1) is 14.4. The Morgan fingerprint density at radius 1 is 1.37 bits per heavy atom. The Bertz CT molecular complexity index is 605. The van der Waals surface area contributed by atoms with Gasteiger partial charge in [0.15, 0.2) is 5.78 Å². The third kappa shape index (κ3) is 3.12. The molecule has 0 radical (unpaired) electrons. The molecule has 4 nitrogen and oxygen atoms in total. The van der Waals surface area contributed by atoms with E-state index in [9.17, 15) is 4.79 Å². The molecule has 0 spiro atoms. The summed E-state index contributed by atoms with van der Waals surface area (Å²) in [7, 11) is 1.85. The summed E-state index contributed by atoms with van der Waals surface area (Å²) in [6.07, 6.45) is 2.75. The molecule has 6 heteroatoms. The van der Waals surface area contributed by atoms with Gasteiger partial charge in [-0.1, -0.05) is 6.92 Å². The molecule has 100 valence electrons. The molecule has 0 bridgehead atoms. The van der Waals surface area contributed by atoms with Crippen molar-refractivity contribution in [2.24, 2.45) is 7.05 Å². The largest absolute Gasteiger partial charge is 0.292 e. The van der Waals surface area contributed by atoms with Crippen LogP contribution in [0, 0.1) is 0 Å². The maximum Gasteiger partial charge on any atom is 0.187 e. The number of aryl methyl sites for hydroxylation is 2. The van der Waals surface area contributed by atoms with Crippen LogP contribution in [0.3, 0.4) is 0 Å². The van der Waals surface area contributed by atoms with Crippen LogP contribution in [0.1, 0.15) is 28.8 Å². The van der Waals surface area contributed by atoms with E-state index in [-0.39, 0.29) is 5.78 Å². The molecule has 0 unspecified atom stereocenters. The number of carbonyl (C=O) groups is 1. The van der Waals surface area contributed by atoms with E-state index in [1.807, 2.05) is 20.0 Å². The Morgan fingerprint density at radius 2 is 2.11 bits per heavy atom. The highest BCUT2D eigenvalue weighted by atomic mass is 79.9. The Morgan fingerprint density at radius 3 is 2.63 bits per heavy atom. The zero-order valence-corrected chi connectivity index (χ0v) is 13.8. The summed E-state index contributed by atoms with van der Waals surface area (Å²) in [5, 5.41) is 4.38. The highest BCUT2D eigenvalue weighted by Crippen LogP contribution is 2.23. The summed E-state index contributed by atoms with van der Waals surface area (Å²) >= 11 is 6.81. The fourth-order valence-electron chi connectivity index (χ4n) is 1.80. The summed E-state index contributed by atoms with van der Waals surface area (Å²) in [5.41, 5.74) is 2.31. The van der Waals surface area contributed by atoms with Gasteiger partial charge in [0.1, 0.15) is 5.69 Å². The monoisotopic (exact) mass is 385 g/mol. The highest BCUT2D eigenvalue weighted by molar-refractivity contribution is 9.10. The maximum absolute atomic E-state index is 12.2. The predicted molar refractivity (Wildman–Crippen MR) is 80.3 cm³/mol. The van der Waals surface area contributed by atoms with E-state index in [1.54, 1.807) is 16.9 Å². The van der Waals surface area contributed by atoms with E-state index < -0.39 is 0 Å². The third-order valence-electron chi connectivity index (χ3n) is 2.84. The van der Waals surface area contributed by atoms with Crippen LogP contribution in [0.2, 0.25) is 0 Å². The van der Waals surface area contributed by atoms with Crippen molar-refractivity contribution < 1.29 is 4.79 Å².